The summed E-state index contributed by atoms with van der Waals surface area (Å²) in [6, 6.07) is 7.74. The van der Waals surface area contributed by atoms with Crippen molar-refractivity contribution in [2.75, 3.05) is 18.5 Å². The second-order valence-electron chi connectivity index (χ2n) is 19.8. The Kier molecular flexibility index (Phi) is 12.0. The maximum absolute atomic E-state index is 14.4. The Morgan fingerprint density at radius 2 is 1.77 bits per heavy atom. The van der Waals surface area contributed by atoms with E-state index in [0.29, 0.717) is 24.8 Å². The third-order valence-electron chi connectivity index (χ3n) is 15.9. The lowest BCUT2D eigenvalue weighted by Crippen LogP contribution is -2.63. The van der Waals surface area contributed by atoms with E-state index in [2.05, 4.69) is 28.2 Å². The third-order valence-corrected chi connectivity index (χ3v) is 16.9. The topological polar surface area (TPSA) is 240 Å². The number of rotatable bonds is 18. The molecule has 10 atom stereocenters. The minimum absolute atomic E-state index is 0.0276. The van der Waals surface area contributed by atoms with Crippen molar-refractivity contribution >= 4 is 58.8 Å². The summed E-state index contributed by atoms with van der Waals surface area (Å²) in [5.41, 5.74) is -0.612. The van der Waals surface area contributed by atoms with Gasteiger partial charge in [0.1, 0.15) is 12.4 Å². The van der Waals surface area contributed by atoms with Crippen LogP contribution in [0.25, 0.3) is 0 Å². The number of aliphatic hydroxyl groups excluding tert-OH is 1. The standard InChI is InChI=1S/C45H55BrNO14P/c1-41-12-11-29(48)14-28(41)8-9-31-32-15-36-45(35(52)21-59-62(56,57)58,42(32,2)17-34(51)39(31)41)61-40(60-36)26-5-3-25(4-6-26)16-43-22-44(23-43,24-43)18-33(50)27(7-10-38(54)55)13-30(49)20-47-37(53)19-46/h3-6,11-12,14,27,31-32,34,36,39-40,51H,7-10,13,15-24H2,1-2H3,(H,47,53)(H,54,55)(H2,56,57,58)/t27-,31+,32+,34+,36-,39-,40-,41+,42+,43?,44?,45-/m1/s1. The Morgan fingerprint density at radius 3 is 2.44 bits per heavy atom. The van der Waals surface area contributed by atoms with Gasteiger partial charge in [-0.1, -0.05) is 65.7 Å². The van der Waals surface area contributed by atoms with Crippen LogP contribution in [0.4, 0.5) is 0 Å². The lowest BCUT2D eigenvalue weighted by Gasteiger charge is -2.71. The molecule has 8 aliphatic rings. The molecule has 1 aromatic carbocycles. The number of phosphoric ester groups is 1. The largest absolute Gasteiger partial charge is 0.481 e. The first-order chi connectivity index (χ1) is 29.1. The summed E-state index contributed by atoms with van der Waals surface area (Å²) in [7, 11) is -5.02. The number of aliphatic carboxylic acids is 1. The van der Waals surface area contributed by atoms with Gasteiger partial charge in [0.15, 0.2) is 29.2 Å². The fourth-order valence-corrected chi connectivity index (χ4v) is 14.1. The number of hydrogen-bond acceptors (Lipinski definition) is 11. The van der Waals surface area contributed by atoms with Gasteiger partial charge in [0.25, 0.3) is 0 Å². The summed E-state index contributed by atoms with van der Waals surface area (Å²) in [5.74, 6) is -3.68. The van der Waals surface area contributed by atoms with E-state index in [1.807, 2.05) is 37.3 Å². The van der Waals surface area contributed by atoms with Gasteiger partial charge in [0.2, 0.25) is 5.91 Å². The first-order valence-corrected chi connectivity index (χ1v) is 24.2. The fraction of sp³-hybridized carbons (Fsp3) is 0.644. The molecule has 336 valence electrons. The number of alkyl halides is 1. The highest BCUT2D eigenvalue weighted by Crippen LogP contribution is 2.76. The average Bonchev–Trinajstić information content (AvgIpc) is 3.69. The van der Waals surface area contributed by atoms with E-state index in [4.69, 9.17) is 14.0 Å². The smallest absolute Gasteiger partial charge is 0.470 e. The number of carboxylic acid groups (broad SMARTS) is 1. The normalized spacial score (nSPS) is 38.0. The Labute approximate surface area is 368 Å². The number of ketones is 4. The van der Waals surface area contributed by atoms with Crippen molar-refractivity contribution < 1.29 is 67.3 Å². The molecule has 2 bridgehead atoms. The molecule has 6 saturated carbocycles. The van der Waals surface area contributed by atoms with Gasteiger partial charge >= 0.3 is 13.8 Å². The molecule has 0 aromatic heterocycles. The van der Waals surface area contributed by atoms with Crippen molar-refractivity contribution in [3.63, 3.8) is 0 Å². The minimum atomic E-state index is -5.02. The molecule has 0 unspecified atom stereocenters. The molecule has 1 aliphatic heterocycles. The second kappa shape index (κ2) is 16.3. The van der Waals surface area contributed by atoms with Crippen molar-refractivity contribution in [1.29, 1.82) is 0 Å². The number of allylic oxidation sites excluding steroid dienone is 4. The number of amides is 1. The van der Waals surface area contributed by atoms with Crippen LogP contribution in [0.1, 0.15) is 102 Å². The Balaban J connectivity index is 0.933. The maximum atomic E-state index is 14.4. The minimum Gasteiger partial charge on any atom is -0.481 e. The number of benzene rings is 1. The average molecular weight is 945 g/mol. The molecule has 0 spiro atoms. The number of Topliss-reactive ketones (excluding diaryl/α,β-unsaturated/α-hetero) is 3. The molecular formula is C45H55BrNO14P. The number of carboxylic acids is 1. The van der Waals surface area contributed by atoms with Gasteiger partial charge in [-0.25, -0.2) is 4.57 Å². The molecule has 0 radical (unpaired) electrons. The quantitative estimate of drug-likeness (QED) is 0.0959. The number of halogens is 1. The number of hydrogen-bond donors (Lipinski definition) is 5. The number of nitrogens with one attached hydrogen (secondary N) is 1. The van der Waals surface area contributed by atoms with Gasteiger partial charge in [-0.3, -0.25) is 33.3 Å². The van der Waals surface area contributed by atoms with Crippen LogP contribution in [0.3, 0.4) is 0 Å². The number of phosphoric acid groups is 1. The zero-order chi connectivity index (χ0) is 44.6. The number of aliphatic hydroxyl groups is 1. The van der Waals surface area contributed by atoms with Gasteiger partial charge in [0.05, 0.1) is 24.1 Å². The molecule has 62 heavy (non-hydrogen) atoms. The van der Waals surface area contributed by atoms with Crippen LogP contribution >= 0.6 is 23.8 Å². The van der Waals surface area contributed by atoms with Crippen LogP contribution in [0.5, 0.6) is 0 Å². The van der Waals surface area contributed by atoms with Gasteiger partial charge in [0, 0.05) is 47.5 Å². The molecule has 1 amide bonds. The van der Waals surface area contributed by atoms with Gasteiger partial charge in [-0.05, 0) is 98.2 Å². The van der Waals surface area contributed by atoms with E-state index >= 15 is 0 Å². The predicted molar refractivity (Wildman–Crippen MR) is 223 cm³/mol. The Hall–Kier alpha value is -3.21. The van der Waals surface area contributed by atoms with E-state index in [1.165, 1.54) is 0 Å². The summed E-state index contributed by atoms with van der Waals surface area (Å²) in [6.45, 7) is 2.87. The maximum Gasteiger partial charge on any atom is 0.470 e. The first kappa shape index (κ1) is 45.4. The van der Waals surface area contributed by atoms with E-state index in [1.54, 1.807) is 12.2 Å². The van der Waals surface area contributed by atoms with E-state index in [-0.39, 0.29) is 95.8 Å². The molecule has 17 heteroatoms. The number of carbonyl (C=O) groups is 6. The van der Waals surface area contributed by atoms with E-state index in [9.17, 15) is 53.3 Å². The SMILES string of the molecule is C[C@]12C=CC(=O)C=C1CC[C@@H]1[C@@H]2[C@@H](O)C[C@@]2(C)[C@H]1C[C@H]1O[C@@H](c3ccc(CC45CC(CC(=O)[C@H](CCC(=O)O)CC(=O)CNC(=O)CBr)(C4)C5)cc3)O[C@]12C(=O)COP(=O)(O)O. The number of ether oxygens (including phenoxy) is 2. The Bertz CT molecular complexity index is 2150. The highest BCUT2D eigenvalue weighted by molar-refractivity contribution is 9.09. The highest BCUT2D eigenvalue weighted by Gasteiger charge is 2.76. The highest BCUT2D eigenvalue weighted by atomic mass is 79.9. The monoisotopic (exact) mass is 943 g/mol. The van der Waals surface area contributed by atoms with Crippen LogP contribution in [-0.4, -0.2) is 91.3 Å². The summed E-state index contributed by atoms with van der Waals surface area (Å²) in [6.07, 6.45) is 7.76. The summed E-state index contributed by atoms with van der Waals surface area (Å²) < 4.78 is 30.0. The first-order valence-electron chi connectivity index (χ1n) is 21.5. The molecule has 1 heterocycles. The second-order valence-corrected chi connectivity index (χ2v) is 21.6. The zero-order valence-corrected chi connectivity index (χ0v) is 37.4. The molecule has 1 aromatic rings. The molecule has 7 fully saturated rings. The number of carbonyl (C=O) groups excluding carboxylic acids is 5. The molecule has 1 saturated heterocycles. The lowest BCUT2D eigenvalue weighted by molar-refractivity contribution is -0.207. The molecule has 9 rings (SSSR count). The van der Waals surface area contributed by atoms with E-state index in [0.717, 1.165) is 36.8 Å². The molecular weight excluding hydrogens is 889 g/mol. The fourth-order valence-electron chi connectivity index (χ4n) is 13.6. The van der Waals surface area contributed by atoms with Crippen molar-refractivity contribution in [3.05, 3.63) is 59.2 Å². The van der Waals surface area contributed by atoms with Crippen LogP contribution in [-0.2, 0) is 53.8 Å². The number of fused-ring (bicyclic) bond motifs is 7. The zero-order valence-electron chi connectivity index (χ0n) is 34.9. The Morgan fingerprint density at radius 1 is 1.06 bits per heavy atom. The third kappa shape index (κ3) is 7.98. The summed E-state index contributed by atoms with van der Waals surface area (Å²) >= 11 is 3.03. The lowest BCUT2D eigenvalue weighted by atomic mass is 9.33. The van der Waals surface area contributed by atoms with Gasteiger partial charge < -0.3 is 34.8 Å². The van der Waals surface area contributed by atoms with Crippen molar-refractivity contribution in [3.8, 4) is 0 Å². The van der Waals surface area contributed by atoms with Crippen LogP contribution < -0.4 is 5.32 Å². The van der Waals surface area contributed by atoms with Crippen LogP contribution in [0, 0.1) is 45.3 Å². The molecule has 7 aliphatic carbocycles. The summed E-state index contributed by atoms with van der Waals surface area (Å²) in [5, 5.41) is 23.8. The van der Waals surface area contributed by atoms with Crippen molar-refractivity contribution in [2.24, 2.45) is 45.3 Å². The van der Waals surface area contributed by atoms with Crippen LogP contribution in [0.15, 0.2) is 48.1 Å². The van der Waals surface area contributed by atoms with Crippen molar-refractivity contribution in [2.45, 2.75) is 115 Å². The van der Waals surface area contributed by atoms with Gasteiger partial charge in [-0.15, -0.1) is 0 Å². The predicted octanol–water partition coefficient (Wildman–Crippen LogP) is 5.03. The molecule has 15 nitrogen and oxygen atoms in total. The van der Waals surface area contributed by atoms with Gasteiger partial charge in [-0.2, -0.15) is 0 Å². The summed E-state index contributed by atoms with van der Waals surface area (Å²) in [4.78, 5) is 94.8. The van der Waals surface area contributed by atoms with E-state index < -0.39 is 67.0 Å². The van der Waals surface area contributed by atoms with Crippen molar-refractivity contribution in [1.82, 2.24) is 5.32 Å². The van der Waals surface area contributed by atoms with Crippen LogP contribution in [0.2, 0.25) is 0 Å². The molecule has 5 N–H and O–H groups in total.